The average molecular weight is 1450 g/mol. The fraction of sp³-hybridized carbons (Fsp3) is 0.950. The molecule has 0 rings (SSSR count). The summed E-state index contributed by atoms with van der Waals surface area (Å²) >= 11 is 0. The summed E-state index contributed by atoms with van der Waals surface area (Å²) in [6.07, 6.45) is 66.6. The van der Waals surface area contributed by atoms with Gasteiger partial charge in [0.1, 0.15) is 19.3 Å². The first-order valence-electron chi connectivity index (χ1n) is 41.8. The number of phosphoric acid groups is 2. The second-order valence-corrected chi connectivity index (χ2v) is 31.7. The Balaban J connectivity index is 5.20. The van der Waals surface area contributed by atoms with Crippen molar-refractivity contribution >= 4 is 39.5 Å². The van der Waals surface area contributed by atoms with Crippen LogP contribution in [0.2, 0.25) is 0 Å². The smallest absolute Gasteiger partial charge is 0.462 e. The second-order valence-electron chi connectivity index (χ2n) is 28.8. The molecular weight excluding hydrogens is 1290 g/mol. The first-order chi connectivity index (χ1) is 48.2. The fourth-order valence-corrected chi connectivity index (χ4v) is 14.0. The van der Waals surface area contributed by atoms with Crippen molar-refractivity contribution in [1.29, 1.82) is 0 Å². The summed E-state index contributed by atoms with van der Waals surface area (Å²) in [4.78, 5) is 72.9. The highest BCUT2D eigenvalue weighted by Gasteiger charge is 2.30. The molecule has 0 amide bonds. The molecule has 0 saturated carbocycles. The number of hydrogen-bond donors (Lipinski definition) is 3. The molecule has 5 atom stereocenters. The molecule has 0 heterocycles. The molecule has 19 heteroatoms. The zero-order chi connectivity index (χ0) is 72.5. The maximum absolute atomic E-state index is 13.1. The van der Waals surface area contributed by atoms with Crippen molar-refractivity contribution in [2.24, 2.45) is 0 Å². The summed E-state index contributed by atoms with van der Waals surface area (Å²) in [7, 11) is -9.91. The highest BCUT2D eigenvalue weighted by atomic mass is 31.2. The van der Waals surface area contributed by atoms with Gasteiger partial charge in [-0.1, -0.05) is 381 Å². The Morgan fingerprint density at radius 3 is 0.596 bits per heavy atom. The van der Waals surface area contributed by atoms with E-state index in [1.807, 2.05) is 0 Å². The number of ether oxygens (including phenoxy) is 4. The van der Waals surface area contributed by atoms with Gasteiger partial charge < -0.3 is 33.8 Å². The summed E-state index contributed by atoms with van der Waals surface area (Å²) in [5.74, 6) is -2.11. The number of aliphatic hydroxyl groups is 1. The Hall–Kier alpha value is -1.94. The van der Waals surface area contributed by atoms with Crippen molar-refractivity contribution < 1.29 is 80.2 Å². The molecule has 0 aromatic heterocycles. The summed E-state index contributed by atoms with van der Waals surface area (Å²) in [5, 5.41) is 10.6. The van der Waals surface area contributed by atoms with Gasteiger partial charge in [0, 0.05) is 25.7 Å². The fourth-order valence-electron chi connectivity index (χ4n) is 12.5. The minimum atomic E-state index is -4.96. The quantitative estimate of drug-likeness (QED) is 0.0222. The molecule has 17 nitrogen and oxygen atoms in total. The lowest BCUT2D eigenvalue weighted by atomic mass is 10.0. The van der Waals surface area contributed by atoms with Gasteiger partial charge in [-0.2, -0.15) is 0 Å². The predicted octanol–water partition coefficient (Wildman–Crippen LogP) is 24.2. The minimum Gasteiger partial charge on any atom is -0.462 e. The maximum Gasteiger partial charge on any atom is 0.472 e. The van der Waals surface area contributed by atoms with Crippen molar-refractivity contribution in [2.45, 2.75) is 451 Å². The van der Waals surface area contributed by atoms with E-state index in [1.54, 1.807) is 0 Å². The highest BCUT2D eigenvalue weighted by molar-refractivity contribution is 7.47. The second kappa shape index (κ2) is 74.3. The third-order valence-corrected chi connectivity index (χ3v) is 20.8. The number of hydrogen-bond acceptors (Lipinski definition) is 15. The molecule has 0 aliphatic carbocycles. The van der Waals surface area contributed by atoms with E-state index < -0.39 is 97.5 Å². The van der Waals surface area contributed by atoms with E-state index in [0.29, 0.717) is 25.7 Å². The first kappa shape index (κ1) is 97.1. The summed E-state index contributed by atoms with van der Waals surface area (Å²) in [6, 6.07) is 0. The van der Waals surface area contributed by atoms with Gasteiger partial charge in [0.05, 0.1) is 26.4 Å². The average Bonchev–Trinajstić information content (AvgIpc) is 1.02. The number of carbonyl (C=O) groups excluding carboxylic acids is 4. The Kier molecular flexibility index (Phi) is 72.9. The Morgan fingerprint density at radius 2 is 0.404 bits per heavy atom. The first-order valence-corrected chi connectivity index (χ1v) is 44.8. The van der Waals surface area contributed by atoms with Crippen LogP contribution in [0.5, 0.6) is 0 Å². The molecule has 0 saturated heterocycles. The molecule has 0 fully saturated rings. The summed E-state index contributed by atoms with van der Waals surface area (Å²) in [5.41, 5.74) is 0. The van der Waals surface area contributed by atoms with Crippen molar-refractivity contribution in [3.05, 3.63) is 0 Å². The normalized spacial score (nSPS) is 13.8. The van der Waals surface area contributed by atoms with E-state index in [4.69, 9.17) is 37.0 Å². The summed E-state index contributed by atoms with van der Waals surface area (Å²) < 4.78 is 68.6. The largest absolute Gasteiger partial charge is 0.472 e. The third kappa shape index (κ3) is 74.1. The van der Waals surface area contributed by atoms with Crippen molar-refractivity contribution in [1.82, 2.24) is 0 Å². The molecule has 0 bridgehead atoms. The Labute approximate surface area is 607 Å². The van der Waals surface area contributed by atoms with Crippen LogP contribution in [-0.4, -0.2) is 96.7 Å². The zero-order valence-corrected chi connectivity index (χ0v) is 66.3. The number of aliphatic hydroxyl groups excluding tert-OH is 1. The van der Waals surface area contributed by atoms with Crippen LogP contribution in [0.15, 0.2) is 0 Å². The number of phosphoric ester groups is 2. The third-order valence-electron chi connectivity index (χ3n) is 18.9. The van der Waals surface area contributed by atoms with Gasteiger partial charge in [-0.25, -0.2) is 9.13 Å². The van der Waals surface area contributed by atoms with E-state index in [0.717, 1.165) is 89.9 Å². The van der Waals surface area contributed by atoms with Crippen LogP contribution < -0.4 is 0 Å². The molecular formula is C80H156O17P2. The molecule has 588 valence electrons. The monoisotopic (exact) mass is 1450 g/mol. The molecule has 2 unspecified atom stereocenters. The van der Waals surface area contributed by atoms with Gasteiger partial charge in [-0.3, -0.25) is 37.3 Å². The molecule has 0 aliphatic heterocycles. The number of unbranched alkanes of at least 4 members (excludes halogenated alkanes) is 55. The van der Waals surface area contributed by atoms with Crippen molar-refractivity contribution in [3.63, 3.8) is 0 Å². The van der Waals surface area contributed by atoms with Gasteiger partial charge in [0.2, 0.25) is 0 Å². The zero-order valence-electron chi connectivity index (χ0n) is 64.5. The maximum atomic E-state index is 13.1. The van der Waals surface area contributed by atoms with Crippen LogP contribution in [0.1, 0.15) is 432 Å². The number of rotatable bonds is 81. The Morgan fingerprint density at radius 1 is 0.242 bits per heavy atom. The van der Waals surface area contributed by atoms with E-state index in [-0.39, 0.29) is 25.7 Å². The topological polar surface area (TPSA) is 237 Å². The summed E-state index contributed by atoms with van der Waals surface area (Å²) in [6.45, 7) is 5.00. The van der Waals surface area contributed by atoms with Crippen LogP contribution in [0.25, 0.3) is 0 Å². The van der Waals surface area contributed by atoms with Crippen LogP contribution in [0.3, 0.4) is 0 Å². The van der Waals surface area contributed by atoms with Gasteiger partial charge in [-0.05, 0) is 25.7 Å². The molecule has 0 aromatic rings. The van der Waals surface area contributed by atoms with E-state index in [9.17, 15) is 43.2 Å². The molecule has 3 N–H and O–H groups in total. The molecule has 0 radical (unpaired) electrons. The van der Waals surface area contributed by atoms with E-state index in [2.05, 4.69) is 27.7 Å². The number of esters is 4. The Bertz CT molecular complexity index is 1880. The molecule has 99 heavy (non-hydrogen) atoms. The van der Waals surface area contributed by atoms with Gasteiger partial charge in [0.25, 0.3) is 0 Å². The lowest BCUT2D eigenvalue weighted by Gasteiger charge is -2.21. The van der Waals surface area contributed by atoms with E-state index in [1.165, 1.54) is 263 Å². The standard InChI is InChI=1S/C80H156O17P2/c1-5-9-13-17-21-25-29-31-33-35-37-39-41-43-46-49-53-57-61-65-78(83)91-71-76(97-80(85)67-63-59-55-51-47-44-42-40-38-36-34-32-30-26-22-18-14-10-6-2)73-95-99(88,89)93-69-74(81)68-92-98(86,87)94-72-75(70-90-77(82)64-60-56-52-48-28-24-20-16-12-8-4)96-79(84)66-62-58-54-50-45-27-23-19-15-11-7-3/h74-76,81H,5-73H2,1-4H3,(H,86,87)(H,88,89)/t74-,75+,76+/m0/s1. The van der Waals surface area contributed by atoms with Gasteiger partial charge >= 0.3 is 39.5 Å². The van der Waals surface area contributed by atoms with Crippen LogP contribution in [-0.2, 0) is 65.4 Å². The lowest BCUT2D eigenvalue weighted by Crippen LogP contribution is -2.30. The van der Waals surface area contributed by atoms with Crippen molar-refractivity contribution in [3.8, 4) is 0 Å². The molecule has 0 aromatic carbocycles. The van der Waals surface area contributed by atoms with E-state index >= 15 is 0 Å². The predicted molar refractivity (Wildman–Crippen MR) is 405 cm³/mol. The van der Waals surface area contributed by atoms with Crippen molar-refractivity contribution in [2.75, 3.05) is 39.6 Å². The number of carbonyl (C=O) groups is 4. The van der Waals surface area contributed by atoms with Crippen LogP contribution in [0, 0.1) is 0 Å². The molecule has 0 aliphatic rings. The SMILES string of the molecule is CCCCCCCCCCCCCCCCCCCCCC(=O)OC[C@H](COP(=O)(O)OC[C@@H](O)COP(=O)(O)OC[C@@H](COC(=O)CCCCCCCCCCCC)OC(=O)CCCCCCCCCCCCC)OC(=O)CCCCCCCCCCCCCCCCCCCCC. The van der Waals surface area contributed by atoms with Gasteiger partial charge in [0.15, 0.2) is 12.2 Å². The van der Waals surface area contributed by atoms with Crippen LogP contribution >= 0.6 is 15.6 Å². The highest BCUT2D eigenvalue weighted by Crippen LogP contribution is 2.45. The minimum absolute atomic E-state index is 0.108. The molecule has 0 spiro atoms. The lowest BCUT2D eigenvalue weighted by molar-refractivity contribution is -0.161. The van der Waals surface area contributed by atoms with Gasteiger partial charge in [-0.15, -0.1) is 0 Å². The van der Waals surface area contributed by atoms with Crippen LogP contribution in [0.4, 0.5) is 0 Å².